The summed E-state index contributed by atoms with van der Waals surface area (Å²) in [6.07, 6.45) is 10.5. The van der Waals surface area contributed by atoms with Gasteiger partial charge in [0.2, 0.25) is 0 Å². The van der Waals surface area contributed by atoms with Crippen LogP contribution in [-0.4, -0.2) is 25.3 Å². The highest BCUT2D eigenvalue weighted by Gasteiger charge is 2.27. The molecule has 1 aromatic carbocycles. The Labute approximate surface area is 180 Å². The lowest BCUT2D eigenvalue weighted by molar-refractivity contribution is -0.207. The highest BCUT2D eigenvalue weighted by molar-refractivity contribution is 5.89. The SMILES string of the molecule is CCCCCC1CCC(OC(=O)c2ccc([C@H]3OC[C@H](CCC)CO3)c(F)c2)CC1. The quantitative estimate of drug-likeness (QED) is 0.334. The summed E-state index contributed by atoms with van der Waals surface area (Å²) in [5.74, 6) is 0.201. The third-order valence-electron chi connectivity index (χ3n) is 6.44. The number of carbonyl (C=O) groups is 1. The molecule has 5 heteroatoms. The second-order valence-corrected chi connectivity index (χ2v) is 8.93. The molecule has 3 rings (SSSR count). The molecule has 0 radical (unpaired) electrons. The van der Waals surface area contributed by atoms with Crippen LogP contribution in [0.1, 0.15) is 100 Å². The third-order valence-corrected chi connectivity index (χ3v) is 6.44. The maximum absolute atomic E-state index is 14.6. The van der Waals surface area contributed by atoms with Crippen LogP contribution < -0.4 is 0 Å². The topological polar surface area (TPSA) is 44.8 Å². The van der Waals surface area contributed by atoms with Gasteiger partial charge in [-0.3, -0.25) is 0 Å². The van der Waals surface area contributed by atoms with Crippen molar-refractivity contribution in [3.8, 4) is 0 Å². The Morgan fingerprint density at radius 3 is 2.37 bits per heavy atom. The maximum atomic E-state index is 14.6. The van der Waals surface area contributed by atoms with Crippen molar-refractivity contribution >= 4 is 5.97 Å². The lowest BCUT2D eigenvalue weighted by Gasteiger charge is -2.30. The summed E-state index contributed by atoms with van der Waals surface area (Å²) >= 11 is 0. The first kappa shape index (κ1) is 23.2. The summed E-state index contributed by atoms with van der Waals surface area (Å²) in [7, 11) is 0. The van der Waals surface area contributed by atoms with Gasteiger partial charge in [-0.1, -0.05) is 52.0 Å². The molecular formula is C25H37FO4. The zero-order chi connectivity index (χ0) is 21.3. The van der Waals surface area contributed by atoms with E-state index < -0.39 is 18.1 Å². The molecule has 30 heavy (non-hydrogen) atoms. The normalized spacial score (nSPS) is 27.0. The van der Waals surface area contributed by atoms with Crippen molar-refractivity contribution in [2.75, 3.05) is 13.2 Å². The summed E-state index contributed by atoms with van der Waals surface area (Å²) in [6.45, 7) is 5.50. The Bertz CT molecular complexity index is 661. The van der Waals surface area contributed by atoms with Gasteiger partial charge in [-0.05, 0) is 50.2 Å². The fraction of sp³-hybridized carbons (Fsp3) is 0.720. The number of halogens is 1. The predicted octanol–water partition coefficient (Wildman–Crippen LogP) is 6.58. The molecule has 0 unspecified atom stereocenters. The van der Waals surface area contributed by atoms with Gasteiger partial charge in [-0.25, -0.2) is 9.18 Å². The summed E-state index contributed by atoms with van der Waals surface area (Å²) in [5.41, 5.74) is 0.593. The van der Waals surface area contributed by atoms with Gasteiger partial charge in [0.25, 0.3) is 0 Å². The molecule has 2 fully saturated rings. The van der Waals surface area contributed by atoms with Gasteiger partial charge in [0.15, 0.2) is 6.29 Å². The number of rotatable bonds is 9. The van der Waals surface area contributed by atoms with Gasteiger partial charge in [-0.2, -0.15) is 0 Å². The van der Waals surface area contributed by atoms with Crippen LogP contribution in [-0.2, 0) is 14.2 Å². The van der Waals surface area contributed by atoms with Crippen molar-refractivity contribution in [2.45, 2.75) is 90.4 Å². The minimum absolute atomic E-state index is 0.0526. The first-order chi connectivity index (χ1) is 14.6. The molecule has 0 spiro atoms. The number of unbranched alkanes of at least 4 members (excludes halogenated alkanes) is 2. The fourth-order valence-corrected chi connectivity index (χ4v) is 4.58. The van der Waals surface area contributed by atoms with E-state index in [2.05, 4.69) is 13.8 Å². The molecule has 1 aliphatic heterocycles. The van der Waals surface area contributed by atoms with Crippen molar-refractivity contribution in [1.29, 1.82) is 0 Å². The lowest BCUT2D eigenvalue weighted by atomic mass is 9.84. The molecule has 0 amide bonds. The van der Waals surface area contributed by atoms with Crippen molar-refractivity contribution < 1.29 is 23.4 Å². The minimum Gasteiger partial charge on any atom is -0.459 e. The van der Waals surface area contributed by atoms with E-state index in [0.717, 1.165) is 44.4 Å². The van der Waals surface area contributed by atoms with E-state index in [1.807, 2.05) is 0 Å². The van der Waals surface area contributed by atoms with Crippen LogP contribution in [0.25, 0.3) is 0 Å². The molecule has 0 bridgehead atoms. The summed E-state index contributed by atoms with van der Waals surface area (Å²) in [4.78, 5) is 12.5. The zero-order valence-corrected chi connectivity index (χ0v) is 18.5. The molecule has 1 aliphatic carbocycles. The van der Waals surface area contributed by atoms with Gasteiger partial charge in [0, 0.05) is 11.5 Å². The van der Waals surface area contributed by atoms with E-state index in [1.165, 1.54) is 31.7 Å². The maximum Gasteiger partial charge on any atom is 0.338 e. The van der Waals surface area contributed by atoms with Gasteiger partial charge >= 0.3 is 5.97 Å². The van der Waals surface area contributed by atoms with E-state index >= 15 is 0 Å². The second kappa shape index (κ2) is 11.8. The summed E-state index contributed by atoms with van der Waals surface area (Å²) in [5, 5.41) is 0. The van der Waals surface area contributed by atoms with Crippen LogP contribution in [0.15, 0.2) is 18.2 Å². The highest BCUT2D eigenvalue weighted by Crippen LogP contribution is 2.31. The number of ether oxygens (including phenoxy) is 3. The molecular weight excluding hydrogens is 383 g/mol. The Kier molecular flexibility index (Phi) is 9.13. The van der Waals surface area contributed by atoms with E-state index in [4.69, 9.17) is 14.2 Å². The van der Waals surface area contributed by atoms with Crippen LogP contribution >= 0.6 is 0 Å². The van der Waals surface area contributed by atoms with Crippen LogP contribution in [0.5, 0.6) is 0 Å². The standard InChI is InChI=1S/C25H37FO4/c1-3-5-6-8-18-9-12-21(13-10-18)30-24(27)20-11-14-22(23(26)15-20)25-28-16-19(7-4-2)17-29-25/h11,14-15,18-19,21,25H,3-10,12-13,16-17H2,1-2H3/t18?,19-,21?,25-. The van der Waals surface area contributed by atoms with Crippen LogP contribution in [0, 0.1) is 17.7 Å². The van der Waals surface area contributed by atoms with Crippen LogP contribution in [0.2, 0.25) is 0 Å². The van der Waals surface area contributed by atoms with Crippen LogP contribution in [0.4, 0.5) is 4.39 Å². The van der Waals surface area contributed by atoms with Crippen molar-refractivity contribution in [3.63, 3.8) is 0 Å². The molecule has 0 N–H and O–H groups in total. The smallest absolute Gasteiger partial charge is 0.338 e. The first-order valence-electron chi connectivity index (χ1n) is 11.8. The van der Waals surface area contributed by atoms with Crippen molar-refractivity contribution in [3.05, 3.63) is 35.1 Å². The van der Waals surface area contributed by atoms with E-state index in [0.29, 0.717) is 24.7 Å². The summed E-state index contributed by atoms with van der Waals surface area (Å²) < 4.78 is 31.7. The second-order valence-electron chi connectivity index (χ2n) is 8.93. The molecule has 168 valence electrons. The van der Waals surface area contributed by atoms with Gasteiger partial charge in [0.05, 0.1) is 18.8 Å². The van der Waals surface area contributed by atoms with Crippen LogP contribution in [0.3, 0.4) is 0 Å². The van der Waals surface area contributed by atoms with Crippen molar-refractivity contribution in [2.24, 2.45) is 11.8 Å². The molecule has 2 aliphatic rings. The summed E-state index contributed by atoms with van der Waals surface area (Å²) in [6, 6.07) is 4.45. The molecule has 1 aromatic rings. The molecule has 1 heterocycles. The van der Waals surface area contributed by atoms with E-state index in [1.54, 1.807) is 12.1 Å². The number of hydrogen-bond donors (Lipinski definition) is 0. The molecule has 1 saturated heterocycles. The number of esters is 1. The molecule has 4 nitrogen and oxygen atoms in total. The molecule has 1 saturated carbocycles. The number of benzene rings is 1. The van der Waals surface area contributed by atoms with Gasteiger partial charge < -0.3 is 14.2 Å². The van der Waals surface area contributed by atoms with Gasteiger partial charge in [0.1, 0.15) is 11.9 Å². The fourth-order valence-electron chi connectivity index (χ4n) is 4.58. The lowest BCUT2D eigenvalue weighted by Crippen LogP contribution is -2.27. The van der Waals surface area contributed by atoms with Gasteiger partial charge in [-0.15, -0.1) is 0 Å². The number of hydrogen-bond acceptors (Lipinski definition) is 4. The third kappa shape index (κ3) is 6.52. The highest BCUT2D eigenvalue weighted by atomic mass is 19.1. The average Bonchev–Trinajstić information content (AvgIpc) is 2.76. The molecule has 0 aromatic heterocycles. The van der Waals surface area contributed by atoms with E-state index in [9.17, 15) is 9.18 Å². The largest absolute Gasteiger partial charge is 0.459 e. The first-order valence-corrected chi connectivity index (χ1v) is 11.8. The Hall–Kier alpha value is -1.46. The Morgan fingerprint density at radius 2 is 1.73 bits per heavy atom. The Balaban J connectivity index is 1.47. The Morgan fingerprint density at radius 1 is 1.00 bits per heavy atom. The van der Waals surface area contributed by atoms with E-state index in [-0.39, 0.29) is 11.7 Å². The number of carbonyl (C=O) groups excluding carboxylic acids is 1. The zero-order valence-electron chi connectivity index (χ0n) is 18.5. The van der Waals surface area contributed by atoms with Crippen molar-refractivity contribution in [1.82, 2.24) is 0 Å². The molecule has 0 atom stereocenters. The predicted molar refractivity (Wildman–Crippen MR) is 115 cm³/mol. The minimum atomic E-state index is -0.703. The average molecular weight is 421 g/mol. The monoisotopic (exact) mass is 420 g/mol.